The predicted octanol–water partition coefficient (Wildman–Crippen LogP) is 2.61. The molecular weight excluding hydrogens is 318 g/mol. The number of aliphatic hydroxyl groups is 1. The fourth-order valence-electron chi connectivity index (χ4n) is 3.09. The van der Waals surface area contributed by atoms with Crippen LogP contribution in [0.25, 0.3) is 0 Å². The molecule has 2 N–H and O–H groups in total. The number of piperidine rings is 1. The van der Waals surface area contributed by atoms with Crippen molar-refractivity contribution in [2.24, 2.45) is 0 Å². The third kappa shape index (κ3) is 4.02. The number of hydrogen-bond acceptors (Lipinski definition) is 5. The lowest BCUT2D eigenvalue weighted by Gasteiger charge is -2.29. The molecule has 0 aliphatic carbocycles. The molecule has 3 heterocycles. The largest absolute Gasteiger partial charge is 0.463 e. The van der Waals surface area contributed by atoms with Crippen LogP contribution in [0.5, 0.6) is 0 Å². The van der Waals surface area contributed by atoms with Crippen molar-refractivity contribution in [3.05, 3.63) is 47.5 Å². The maximum Gasteiger partial charge on any atom is 0.255 e. The molecule has 0 radical (unpaired) electrons. The number of aryl methyl sites for hydroxylation is 1. The number of anilines is 1. The van der Waals surface area contributed by atoms with Crippen molar-refractivity contribution >= 4 is 11.7 Å². The summed E-state index contributed by atoms with van der Waals surface area (Å²) in [5, 5.41) is 13.4. The van der Waals surface area contributed by atoms with E-state index >= 15 is 0 Å². The number of amides is 1. The van der Waals surface area contributed by atoms with Crippen molar-refractivity contribution in [1.29, 1.82) is 0 Å². The average Bonchev–Trinajstić information content (AvgIpc) is 3.08. The van der Waals surface area contributed by atoms with Crippen LogP contribution in [0.15, 0.2) is 34.9 Å². The van der Waals surface area contributed by atoms with E-state index in [1.807, 2.05) is 6.92 Å². The summed E-state index contributed by atoms with van der Waals surface area (Å²) in [5.41, 5.74) is -0.729. The summed E-state index contributed by atoms with van der Waals surface area (Å²) >= 11 is 0. The fourth-order valence-corrected chi connectivity index (χ4v) is 3.09. The van der Waals surface area contributed by atoms with Gasteiger partial charge >= 0.3 is 0 Å². The van der Waals surface area contributed by atoms with E-state index in [0.717, 1.165) is 31.7 Å². The molecule has 1 atom stereocenters. The van der Waals surface area contributed by atoms with E-state index in [-0.39, 0.29) is 12.5 Å². The molecule has 0 aromatic carbocycles. The average molecular weight is 343 g/mol. The van der Waals surface area contributed by atoms with Gasteiger partial charge in [-0.15, -0.1) is 0 Å². The number of furan rings is 1. The Bertz CT molecular complexity index is 733. The van der Waals surface area contributed by atoms with Crippen LogP contribution < -0.4 is 10.2 Å². The summed E-state index contributed by atoms with van der Waals surface area (Å²) in [6.07, 6.45) is 5.16. The van der Waals surface area contributed by atoms with E-state index in [1.54, 1.807) is 37.4 Å². The van der Waals surface area contributed by atoms with Gasteiger partial charge in [0.2, 0.25) is 0 Å². The third-order valence-corrected chi connectivity index (χ3v) is 4.55. The molecule has 1 saturated heterocycles. The highest BCUT2D eigenvalue weighted by Gasteiger charge is 2.28. The number of rotatable bonds is 5. The standard InChI is InChI=1S/C19H25N3O3/c1-14-8-9-16(25-14)19(2,24)13-21-18(23)15-7-6-10-20-17(15)22-11-4-3-5-12-22/h6-10,24H,3-5,11-13H2,1-2H3,(H,21,23)/t19-/m1/s1. The Kier molecular flexibility index (Phi) is 5.08. The normalized spacial score (nSPS) is 17.2. The molecule has 0 bridgehead atoms. The second-order valence-electron chi connectivity index (χ2n) is 6.79. The van der Waals surface area contributed by atoms with Crippen molar-refractivity contribution in [2.75, 3.05) is 24.5 Å². The maximum absolute atomic E-state index is 12.7. The van der Waals surface area contributed by atoms with Crippen molar-refractivity contribution < 1.29 is 14.3 Å². The fraction of sp³-hybridized carbons (Fsp3) is 0.474. The number of aromatic nitrogens is 1. The highest BCUT2D eigenvalue weighted by molar-refractivity contribution is 5.98. The van der Waals surface area contributed by atoms with Gasteiger partial charge in [0.1, 0.15) is 22.9 Å². The molecule has 1 amide bonds. The van der Waals surface area contributed by atoms with Gasteiger partial charge in [0, 0.05) is 19.3 Å². The van der Waals surface area contributed by atoms with Gasteiger partial charge in [-0.1, -0.05) is 0 Å². The van der Waals surface area contributed by atoms with Gasteiger partial charge in [-0.05, 0) is 57.4 Å². The number of carbonyl (C=O) groups excluding carboxylic acids is 1. The Morgan fingerprint density at radius 2 is 2.08 bits per heavy atom. The molecule has 2 aromatic rings. The van der Waals surface area contributed by atoms with Crippen LogP contribution in [-0.4, -0.2) is 35.6 Å². The van der Waals surface area contributed by atoms with E-state index in [0.29, 0.717) is 17.1 Å². The van der Waals surface area contributed by atoms with Gasteiger partial charge in [0.15, 0.2) is 0 Å². The topological polar surface area (TPSA) is 78.6 Å². The minimum absolute atomic E-state index is 0.0626. The van der Waals surface area contributed by atoms with Gasteiger partial charge in [0.25, 0.3) is 5.91 Å². The van der Waals surface area contributed by atoms with Crippen LogP contribution in [0.4, 0.5) is 5.82 Å². The van der Waals surface area contributed by atoms with Gasteiger partial charge in [-0.3, -0.25) is 4.79 Å². The lowest BCUT2D eigenvalue weighted by molar-refractivity contribution is 0.0323. The zero-order valence-electron chi connectivity index (χ0n) is 14.8. The van der Waals surface area contributed by atoms with Gasteiger partial charge in [0.05, 0.1) is 12.1 Å². The van der Waals surface area contributed by atoms with Crippen LogP contribution in [0.1, 0.15) is 48.1 Å². The van der Waals surface area contributed by atoms with Crippen LogP contribution in [0.3, 0.4) is 0 Å². The maximum atomic E-state index is 12.7. The van der Waals surface area contributed by atoms with Gasteiger partial charge < -0.3 is 19.7 Å². The van der Waals surface area contributed by atoms with E-state index in [9.17, 15) is 9.90 Å². The molecule has 25 heavy (non-hydrogen) atoms. The molecule has 2 aromatic heterocycles. The smallest absolute Gasteiger partial charge is 0.255 e. The minimum Gasteiger partial charge on any atom is -0.463 e. The molecule has 1 fully saturated rings. The van der Waals surface area contributed by atoms with E-state index in [2.05, 4.69) is 15.2 Å². The minimum atomic E-state index is -1.27. The number of pyridine rings is 1. The summed E-state index contributed by atoms with van der Waals surface area (Å²) in [7, 11) is 0. The van der Waals surface area contributed by atoms with Crippen LogP contribution in [0.2, 0.25) is 0 Å². The number of hydrogen-bond donors (Lipinski definition) is 2. The van der Waals surface area contributed by atoms with Crippen LogP contribution >= 0.6 is 0 Å². The molecule has 134 valence electrons. The monoisotopic (exact) mass is 343 g/mol. The predicted molar refractivity (Wildman–Crippen MR) is 95.7 cm³/mol. The number of nitrogens with zero attached hydrogens (tertiary/aromatic N) is 2. The molecule has 0 spiro atoms. The van der Waals surface area contributed by atoms with Crippen LogP contribution in [0, 0.1) is 6.92 Å². The number of carbonyl (C=O) groups is 1. The first-order valence-corrected chi connectivity index (χ1v) is 8.75. The van der Waals surface area contributed by atoms with E-state index in [4.69, 9.17) is 4.42 Å². The third-order valence-electron chi connectivity index (χ3n) is 4.55. The SMILES string of the molecule is Cc1ccc([C@](C)(O)CNC(=O)c2cccnc2N2CCCCC2)o1. The Morgan fingerprint density at radius 3 is 2.76 bits per heavy atom. The highest BCUT2D eigenvalue weighted by atomic mass is 16.4. The number of nitrogens with one attached hydrogen (secondary N) is 1. The second kappa shape index (κ2) is 7.27. The molecule has 6 heteroatoms. The first-order valence-electron chi connectivity index (χ1n) is 8.75. The van der Waals surface area contributed by atoms with Gasteiger partial charge in [-0.2, -0.15) is 0 Å². The summed E-state index contributed by atoms with van der Waals surface area (Å²) < 4.78 is 5.48. The first kappa shape index (κ1) is 17.5. The Balaban J connectivity index is 1.71. The molecule has 0 unspecified atom stereocenters. The summed E-state index contributed by atoms with van der Waals surface area (Å²) in [4.78, 5) is 19.2. The summed E-state index contributed by atoms with van der Waals surface area (Å²) in [6, 6.07) is 7.06. The lowest BCUT2D eigenvalue weighted by atomic mass is 10.0. The van der Waals surface area contributed by atoms with Crippen molar-refractivity contribution in [1.82, 2.24) is 10.3 Å². The summed E-state index contributed by atoms with van der Waals surface area (Å²) in [5.74, 6) is 1.64. The molecule has 1 aliphatic rings. The Morgan fingerprint density at radius 1 is 1.32 bits per heavy atom. The van der Waals surface area contributed by atoms with Crippen molar-refractivity contribution in [3.63, 3.8) is 0 Å². The Hall–Kier alpha value is -2.34. The molecular formula is C19H25N3O3. The molecule has 0 saturated carbocycles. The molecule has 1 aliphatic heterocycles. The zero-order chi connectivity index (χ0) is 17.9. The highest BCUT2D eigenvalue weighted by Crippen LogP contribution is 2.24. The van der Waals surface area contributed by atoms with Crippen molar-refractivity contribution in [2.45, 2.75) is 38.7 Å². The first-order chi connectivity index (χ1) is 12.0. The molecule has 6 nitrogen and oxygen atoms in total. The second-order valence-corrected chi connectivity index (χ2v) is 6.79. The van der Waals surface area contributed by atoms with E-state index < -0.39 is 5.60 Å². The van der Waals surface area contributed by atoms with Crippen LogP contribution in [-0.2, 0) is 5.60 Å². The summed E-state index contributed by atoms with van der Waals surface area (Å²) in [6.45, 7) is 5.34. The quantitative estimate of drug-likeness (QED) is 0.872. The van der Waals surface area contributed by atoms with Gasteiger partial charge in [-0.25, -0.2) is 4.98 Å². The zero-order valence-corrected chi connectivity index (χ0v) is 14.8. The molecule has 3 rings (SSSR count). The van der Waals surface area contributed by atoms with E-state index in [1.165, 1.54) is 6.42 Å². The van der Waals surface area contributed by atoms with Crippen molar-refractivity contribution in [3.8, 4) is 0 Å². The Labute approximate surface area is 147 Å². The lowest BCUT2D eigenvalue weighted by Crippen LogP contribution is -2.39.